The number of amidine groups is 1. The van der Waals surface area contributed by atoms with E-state index in [9.17, 15) is 9.59 Å². The Balaban J connectivity index is 2.68. The number of likely N-dealkylation sites (tertiary alicyclic amines) is 1. The molecule has 7 heteroatoms. The van der Waals surface area contributed by atoms with Crippen LogP contribution in [0, 0.1) is 17.8 Å². The van der Waals surface area contributed by atoms with Gasteiger partial charge in [0.25, 0.3) is 0 Å². The maximum atomic E-state index is 12.4. The highest BCUT2D eigenvalue weighted by Crippen LogP contribution is 2.21. The third-order valence-electron chi connectivity index (χ3n) is 3.79. The molecule has 0 bridgehead atoms. The van der Waals surface area contributed by atoms with Crippen molar-refractivity contribution in [1.82, 2.24) is 10.2 Å². The van der Waals surface area contributed by atoms with E-state index < -0.39 is 5.92 Å². The van der Waals surface area contributed by atoms with Crippen molar-refractivity contribution >= 4 is 17.6 Å². The van der Waals surface area contributed by atoms with E-state index in [1.54, 1.807) is 11.9 Å². The van der Waals surface area contributed by atoms with Gasteiger partial charge in [-0.3, -0.25) is 9.59 Å². The normalized spacial score (nSPS) is 19.0. The summed E-state index contributed by atoms with van der Waals surface area (Å²) in [6, 6.07) is 0. The Morgan fingerprint density at radius 2 is 1.90 bits per heavy atom. The number of amides is 2. The molecular weight excluding hydrogens is 260 g/mol. The molecule has 2 amide bonds. The number of carbonyl (C=O) groups is 2. The molecule has 0 radical (unpaired) electrons. The fourth-order valence-corrected chi connectivity index (χ4v) is 2.58. The van der Waals surface area contributed by atoms with Gasteiger partial charge in [0.1, 0.15) is 5.92 Å². The van der Waals surface area contributed by atoms with Gasteiger partial charge in [-0.25, -0.2) is 0 Å². The first kappa shape index (κ1) is 16.3. The molecule has 0 aromatic rings. The van der Waals surface area contributed by atoms with E-state index in [1.807, 2.05) is 13.8 Å². The summed E-state index contributed by atoms with van der Waals surface area (Å²) in [6.45, 7) is 4.77. The molecule has 1 heterocycles. The number of oxime groups is 1. The average molecular weight is 284 g/mol. The Bertz CT molecular complexity index is 387. The van der Waals surface area contributed by atoms with E-state index in [-0.39, 0.29) is 29.5 Å². The summed E-state index contributed by atoms with van der Waals surface area (Å²) in [4.78, 5) is 25.7. The highest BCUT2D eigenvalue weighted by atomic mass is 16.4. The van der Waals surface area contributed by atoms with Gasteiger partial charge in [-0.05, 0) is 18.8 Å². The number of rotatable bonds is 4. The van der Waals surface area contributed by atoms with Crippen LogP contribution >= 0.6 is 0 Å². The lowest BCUT2D eigenvalue weighted by molar-refractivity contribution is -0.138. The van der Waals surface area contributed by atoms with Crippen LogP contribution in [0.25, 0.3) is 0 Å². The molecule has 0 spiro atoms. The van der Waals surface area contributed by atoms with Gasteiger partial charge in [0.15, 0.2) is 5.84 Å². The first-order valence-corrected chi connectivity index (χ1v) is 6.90. The highest BCUT2D eigenvalue weighted by molar-refractivity contribution is 6.02. The summed E-state index contributed by atoms with van der Waals surface area (Å²) < 4.78 is 0. The van der Waals surface area contributed by atoms with E-state index in [0.29, 0.717) is 25.9 Å². The SMILES string of the molecule is CNC(=O)C1CCN(C(=O)C(C(N)=NO)C(C)C)CC1. The van der Waals surface area contributed by atoms with E-state index >= 15 is 0 Å². The third-order valence-corrected chi connectivity index (χ3v) is 3.79. The molecule has 1 unspecified atom stereocenters. The molecule has 1 saturated heterocycles. The van der Waals surface area contributed by atoms with Gasteiger partial charge in [-0.1, -0.05) is 19.0 Å². The number of carbonyl (C=O) groups excluding carboxylic acids is 2. The second-order valence-corrected chi connectivity index (χ2v) is 5.46. The second-order valence-electron chi connectivity index (χ2n) is 5.46. The van der Waals surface area contributed by atoms with Crippen molar-refractivity contribution in [3.8, 4) is 0 Å². The minimum Gasteiger partial charge on any atom is -0.409 e. The van der Waals surface area contributed by atoms with Crippen LogP contribution in [0.4, 0.5) is 0 Å². The van der Waals surface area contributed by atoms with Crippen LogP contribution in [-0.4, -0.2) is 47.9 Å². The Morgan fingerprint density at radius 1 is 1.35 bits per heavy atom. The summed E-state index contributed by atoms with van der Waals surface area (Å²) in [5, 5.41) is 14.4. The summed E-state index contributed by atoms with van der Waals surface area (Å²) in [5.74, 6) is -0.866. The molecule has 1 atom stereocenters. The molecule has 1 fully saturated rings. The lowest BCUT2D eigenvalue weighted by Crippen LogP contribution is -2.48. The van der Waals surface area contributed by atoms with Crippen molar-refractivity contribution in [2.45, 2.75) is 26.7 Å². The van der Waals surface area contributed by atoms with Gasteiger partial charge >= 0.3 is 0 Å². The van der Waals surface area contributed by atoms with Crippen molar-refractivity contribution in [2.75, 3.05) is 20.1 Å². The van der Waals surface area contributed by atoms with Gasteiger partial charge < -0.3 is 21.2 Å². The molecule has 0 saturated carbocycles. The molecule has 114 valence electrons. The van der Waals surface area contributed by atoms with Crippen LogP contribution in [0.3, 0.4) is 0 Å². The van der Waals surface area contributed by atoms with E-state index in [4.69, 9.17) is 10.9 Å². The lowest BCUT2D eigenvalue weighted by Gasteiger charge is -2.34. The molecule has 7 nitrogen and oxygen atoms in total. The number of nitrogens with one attached hydrogen (secondary N) is 1. The van der Waals surface area contributed by atoms with Crippen LogP contribution in [-0.2, 0) is 9.59 Å². The monoisotopic (exact) mass is 284 g/mol. The van der Waals surface area contributed by atoms with Crippen LogP contribution in [0.15, 0.2) is 5.16 Å². The molecule has 0 aromatic carbocycles. The van der Waals surface area contributed by atoms with Crippen LogP contribution < -0.4 is 11.1 Å². The highest BCUT2D eigenvalue weighted by Gasteiger charge is 2.34. The van der Waals surface area contributed by atoms with E-state index in [1.165, 1.54) is 0 Å². The van der Waals surface area contributed by atoms with Crippen LogP contribution in [0.5, 0.6) is 0 Å². The lowest BCUT2D eigenvalue weighted by atomic mass is 9.90. The molecule has 1 rings (SSSR count). The smallest absolute Gasteiger partial charge is 0.233 e. The standard InChI is InChI=1S/C13H24N4O3/c1-8(2)10(11(14)16-20)13(19)17-6-4-9(5-7-17)12(18)15-3/h8-10,20H,4-7H2,1-3H3,(H2,14,16)(H,15,18). The Kier molecular flexibility index (Phi) is 5.79. The summed E-state index contributed by atoms with van der Waals surface area (Å²) in [7, 11) is 1.62. The topological polar surface area (TPSA) is 108 Å². The summed E-state index contributed by atoms with van der Waals surface area (Å²) in [5.41, 5.74) is 5.61. The van der Waals surface area contributed by atoms with Gasteiger partial charge in [-0.15, -0.1) is 0 Å². The Labute approximate surface area is 119 Å². The van der Waals surface area contributed by atoms with Crippen LogP contribution in [0.2, 0.25) is 0 Å². The summed E-state index contributed by atoms with van der Waals surface area (Å²) in [6.07, 6.45) is 1.29. The Hall–Kier alpha value is -1.79. The molecule has 1 aliphatic rings. The molecule has 0 aromatic heterocycles. The number of hydrogen-bond acceptors (Lipinski definition) is 4. The fourth-order valence-electron chi connectivity index (χ4n) is 2.58. The number of nitrogens with two attached hydrogens (primary N) is 1. The van der Waals surface area contributed by atoms with Gasteiger partial charge in [-0.2, -0.15) is 0 Å². The minimum absolute atomic E-state index is 0.0222. The van der Waals surface area contributed by atoms with Crippen molar-refractivity contribution in [1.29, 1.82) is 0 Å². The van der Waals surface area contributed by atoms with Crippen molar-refractivity contribution < 1.29 is 14.8 Å². The van der Waals surface area contributed by atoms with Gasteiger partial charge in [0.2, 0.25) is 11.8 Å². The fraction of sp³-hybridized carbons (Fsp3) is 0.769. The predicted octanol–water partition coefficient (Wildman–Crippen LogP) is -0.0104. The molecular formula is C13H24N4O3. The molecule has 0 aliphatic carbocycles. The summed E-state index contributed by atoms with van der Waals surface area (Å²) >= 11 is 0. The molecule has 4 N–H and O–H groups in total. The minimum atomic E-state index is -0.614. The maximum Gasteiger partial charge on any atom is 0.233 e. The zero-order valence-corrected chi connectivity index (χ0v) is 12.3. The zero-order chi connectivity index (χ0) is 15.3. The molecule has 20 heavy (non-hydrogen) atoms. The quantitative estimate of drug-likeness (QED) is 0.292. The van der Waals surface area contributed by atoms with Gasteiger partial charge in [0, 0.05) is 26.1 Å². The zero-order valence-electron chi connectivity index (χ0n) is 12.3. The van der Waals surface area contributed by atoms with E-state index in [0.717, 1.165) is 0 Å². The number of piperidine rings is 1. The van der Waals surface area contributed by atoms with Crippen LogP contribution in [0.1, 0.15) is 26.7 Å². The average Bonchev–Trinajstić information content (AvgIpc) is 2.46. The number of nitrogens with zero attached hydrogens (tertiary/aromatic N) is 2. The van der Waals surface area contributed by atoms with Gasteiger partial charge in [0.05, 0.1) is 0 Å². The first-order valence-electron chi connectivity index (χ1n) is 6.90. The third kappa shape index (κ3) is 3.61. The Morgan fingerprint density at radius 3 is 2.30 bits per heavy atom. The van der Waals surface area contributed by atoms with Crippen molar-refractivity contribution in [3.05, 3.63) is 0 Å². The van der Waals surface area contributed by atoms with Crippen molar-refractivity contribution in [3.63, 3.8) is 0 Å². The molecule has 1 aliphatic heterocycles. The number of hydrogen-bond donors (Lipinski definition) is 3. The second kappa shape index (κ2) is 7.12. The van der Waals surface area contributed by atoms with E-state index in [2.05, 4.69) is 10.5 Å². The van der Waals surface area contributed by atoms with Crippen molar-refractivity contribution in [2.24, 2.45) is 28.6 Å². The predicted molar refractivity (Wildman–Crippen MR) is 75.1 cm³/mol. The maximum absolute atomic E-state index is 12.4. The largest absolute Gasteiger partial charge is 0.409 e. The first-order chi connectivity index (χ1) is 9.42.